The second kappa shape index (κ2) is 2.71. The Morgan fingerprint density at radius 1 is 1.78 bits per heavy atom. The van der Waals surface area contributed by atoms with Gasteiger partial charge in [0.2, 0.25) is 0 Å². The third-order valence-electron chi connectivity index (χ3n) is 1.24. The van der Waals surface area contributed by atoms with Gasteiger partial charge in [-0.1, -0.05) is 6.32 Å². The van der Waals surface area contributed by atoms with E-state index in [-0.39, 0.29) is 0 Å². The molecule has 1 heterocycles. The van der Waals surface area contributed by atoms with Crippen LogP contribution in [0.25, 0.3) is 0 Å². The summed E-state index contributed by atoms with van der Waals surface area (Å²) in [5, 5.41) is 0. The summed E-state index contributed by atoms with van der Waals surface area (Å²) >= 11 is 0. The van der Waals surface area contributed by atoms with Crippen molar-refractivity contribution in [1.29, 1.82) is 0 Å². The Morgan fingerprint density at radius 2 is 2.56 bits per heavy atom. The number of hydrogen-bond acceptors (Lipinski definition) is 1. The summed E-state index contributed by atoms with van der Waals surface area (Å²) < 4.78 is 2.11. The van der Waals surface area contributed by atoms with Crippen molar-refractivity contribution < 1.29 is 0 Å². The Labute approximate surface area is 56.3 Å². The predicted octanol–water partition coefficient (Wildman–Crippen LogP) is 0.243. The van der Waals surface area contributed by atoms with E-state index in [0.29, 0.717) is 0 Å². The van der Waals surface area contributed by atoms with Crippen LogP contribution in [0, 0.1) is 6.92 Å². The lowest BCUT2D eigenvalue weighted by Gasteiger charge is -1.93. The van der Waals surface area contributed by atoms with E-state index in [2.05, 4.69) is 23.6 Å². The van der Waals surface area contributed by atoms with E-state index in [0.717, 1.165) is 12.2 Å². The zero-order chi connectivity index (χ0) is 6.69. The molecule has 0 aromatic carbocycles. The quantitative estimate of drug-likeness (QED) is 0.514. The van der Waals surface area contributed by atoms with Crippen LogP contribution in [0.5, 0.6) is 0 Å². The van der Waals surface area contributed by atoms with Crippen molar-refractivity contribution in [2.45, 2.75) is 19.8 Å². The van der Waals surface area contributed by atoms with Gasteiger partial charge in [-0.25, -0.2) is 4.98 Å². The van der Waals surface area contributed by atoms with Gasteiger partial charge in [-0.05, 0) is 6.92 Å². The van der Waals surface area contributed by atoms with E-state index < -0.39 is 0 Å². The molecule has 0 unspecified atom stereocenters. The molecule has 0 fully saturated rings. The summed E-state index contributed by atoms with van der Waals surface area (Å²) in [6.07, 6.45) is 5.11. The van der Waals surface area contributed by atoms with Gasteiger partial charge < -0.3 is 4.57 Å². The van der Waals surface area contributed by atoms with Crippen LogP contribution >= 0.6 is 0 Å². The first-order valence-corrected chi connectivity index (χ1v) is 3.31. The first kappa shape index (κ1) is 6.40. The zero-order valence-corrected chi connectivity index (χ0v) is 5.96. The van der Waals surface area contributed by atoms with Gasteiger partial charge >= 0.3 is 0 Å². The van der Waals surface area contributed by atoms with E-state index in [4.69, 9.17) is 0 Å². The molecule has 0 atom stereocenters. The molecule has 3 heteroatoms. The molecule has 1 aromatic heterocycles. The van der Waals surface area contributed by atoms with E-state index in [9.17, 15) is 0 Å². The SMILES string of the molecule is BCCn1cnc(C)c1. The average molecular weight is 122 g/mol. The monoisotopic (exact) mass is 122 g/mol. The second-order valence-corrected chi connectivity index (χ2v) is 2.25. The van der Waals surface area contributed by atoms with Gasteiger partial charge in [-0.3, -0.25) is 0 Å². The van der Waals surface area contributed by atoms with Crippen LogP contribution in [0.15, 0.2) is 12.5 Å². The third kappa shape index (κ3) is 1.59. The molecule has 0 bridgehead atoms. The fraction of sp³-hybridized carbons (Fsp3) is 0.500. The highest BCUT2D eigenvalue weighted by atomic mass is 15.0. The van der Waals surface area contributed by atoms with Gasteiger partial charge in [0.1, 0.15) is 7.85 Å². The molecule has 0 saturated carbocycles. The number of aromatic nitrogens is 2. The minimum Gasteiger partial charge on any atom is -0.338 e. The summed E-state index contributed by atoms with van der Waals surface area (Å²) in [5.41, 5.74) is 1.10. The lowest BCUT2D eigenvalue weighted by atomic mass is 10.1. The molecule has 0 aliphatic rings. The van der Waals surface area contributed by atoms with Crippen LogP contribution in [-0.2, 0) is 6.54 Å². The molecule has 1 aromatic rings. The van der Waals surface area contributed by atoms with Gasteiger partial charge in [0.25, 0.3) is 0 Å². The number of hydrogen-bond donors (Lipinski definition) is 0. The van der Waals surface area contributed by atoms with Gasteiger partial charge in [0, 0.05) is 12.7 Å². The smallest absolute Gasteiger partial charge is 0.103 e. The van der Waals surface area contributed by atoms with Crippen molar-refractivity contribution in [3.8, 4) is 0 Å². The summed E-state index contributed by atoms with van der Waals surface area (Å²) in [7, 11) is 2.16. The Balaban J connectivity index is 2.61. The summed E-state index contributed by atoms with van der Waals surface area (Å²) in [6, 6.07) is 0. The van der Waals surface area contributed by atoms with Crippen LogP contribution in [0.2, 0.25) is 6.32 Å². The molecule has 0 radical (unpaired) electrons. The van der Waals surface area contributed by atoms with Crippen molar-refractivity contribution in [3.63, 3.8) is 0 Å². The lowest BCUT2D eigenvalue weighted by Crippen LogP contribution is -1.91. The molecule has 2 nitrogen and oxygen atoms in total. The average Bonchev–Trinajstić information content (AvgIpc) is 2.17. The van der Waals surface area contributed by atoms with Crippen LogP contribution < -0.4 is 0 Å². The molecule has 1 rings (SSSR count). The standard InChI is InChI=1S/C6H11BN2/c1-6-4-9(3-2-7)5-8-6/h4-5H,2-3,7H2,1H3. The highest BCUT2D eigenvalue weighted by molar-refractivity contribution is 6.08. The normalized spacial score (nSPS) is 9.89. The third-order valence-corrected chi connectivity index (χ3v) is 1.24. The van der Waals surface area contributed by atoms with Crippen molar-refractivity contribution in [3.05, 3.63) is 18.2 Å². The van der Waals surface area contributed by atoms with Crippen LogP contribution in [0.1, 0.15) is 5.69 Å². The largest absolute Gasteiger partial charge is 0.338 e. The molecule has 48 valence electrons. The topological polar surface area (TPSA) is 17.8 Å². The van der Waals surface area contributed by atoms with Gasteiger partial charge in [-0.15, -0.1) is 0 Å². The van der Waals surface area contributed by atoms with Gasteiger partial charge in [0.05, 0.1) is 12.0 Å². The Hall–Kier alpha value is -0.725. The van der Waals surface area contributed by atoms with Crippen LogP contribution in [-0.4, -0.2) is 17.4 Å². The molecule has 0 aliphatic heterocycles. The van der Waals surface area contributed by atoms with E-state index >= 15 is 0 Å². The van der Waals surface area contributed by atoms with Crippen LogP contribution in [0.4, 0.5) is 0 Å². The predicted molar refractivity (Wildman–Crippen MR) is 40.3 cm³/mol. The minimum atomic E-state index is 1.08. The summed E-state index contributed by atoms with van der Waals surface area (Å²) in [6.45, 7) is 3.09. The minimum absolute atomic E-state index is 1.08. The molecule has 0 amide bonds. The highest BCUT2D eigenvalue weighted by Gasteiger charge is 1.88. The first-order chi connectivity index (χ1) is 4.33. The second-order valence-electron chi connectivity index (χ2n) is 2.25. The van der Waals surface area contributed by atoms with E-state index in [1.54, 1.807) is 0 Å². The number of imidazole rings is 1. The molecular weight excluding hydrogens is 111 g/mol. The molecule has 0 N–H and O–H groups in total. The number of aryl methyl sites for hydroxylation is 2. The van der Waals surface area contributed by atoms with Crippen molar-refractivity contribution >= 4 is 7.85 Å². The molecule has 0 aliphatic carbocycles. The zero-order valence-electron chi connectivity index (χ0n) is 5.96. The number of nitrogens with zero attached hydrogens (tertiary/aromatic N) is 2. The van der Waals surface area contributed by atoms with Gasteiger partial charge in [-0.2, -0.15) is 0 Å². The Morgan fingerprint density at radius 3 is 3.00 bits per heavy atom. The lowest BCUT2D eigenvalue weighted by molar-refractivity contribution is 0.760. The number of rotatable bonds is 2. The van der Waals surface area contributed by atoms with E-state index in [1.807, 2.05) is 13.3 Å². The fourth-order valence-corrected chi connectivity index (χ4v) is 0.852. The molecular formula is C6H11BN2. The van der Waals surface area contributed by atoms with Crippen molar-refractivity contribution in [2.24, 2.45) is 0 Å². The molecule has 0 saturated heterocycles. The van der Waals surface area contributed by atoms with Crippen molar-refractivity contribution in [1.82, 2.24) is 9.55 Å². The maximum absolute atomic E-state index is 4.10. The van der Waals surface area contributed by atoms with E-state index in [1.165, 1.54) is 6.32 Å². The maximum Gasteiger partial charge on any atom is 0.103 e. The van der Waals surface area contributed by atoms with Crippen LogP contribution in [0.3, 0.4) is 0 Å². The van der Waals surface area contributed by atoms with Crippen molar-refractivity contribution in [2.75, 3.05) is 0 Å². The Bertz CT molecular complexity index is 183. The first-order valence-electron chi connectivity index (χ1n) is 3.31. The Kier molecular flexibility index (Phi) is 1.93. The maximum atomic E-state index is 4.10. The molecule has 0 spiro atoms. The fourth-order valence-electron chi connectivity index (χ4n) is 0.852. The molecule has 9 heavy (non-hydrogen) atoms. The summed E-state index contributed by atoms with van der Waals surface area (Å²) in [4.78, 5) is 4.10. The summed E-state index contributed by atoms with van der Waals surface area (Å²) in [5.74, 6) is 0. The van der Waals surface area contributed by atoms with Gasteiger partial charge in [0.15, 0.2) is 0 Å². The highest BCUT2D eigenvalue weighted by Crippen LogP contribution is 1.93.